The van der Waals surface area contributed by atoms with Crippen molar-refractivity contribution in [1.82, 2.24) is 4.90 Å². The lowest BCUT2D eigenvalue weighted by atomic mass is 10.0. The van der Waals surface area contributed by atoms with Crippen LogP contribution in [0.5, 0.6) is 0 Å². The third-order valence-corrected chi connectivity index (χ3v) is 3.57. The summed E-state index contributed by atoms with van der Waals surface area (Å²) in [6.45, 7) is 5.60. The maximum absolute atomic E-state index is 12.5. The predicted octanol–water partition coefficient (Wildman–Crippen LogP) is 2.17. The van der Waals surface area contributed by atoms with Gasteiger partial charge in [0, 0.05) is 6.54 Å². The summed E-state index contributed by atoms with van der Waals surface area (Å²) in [6.07, 6.45) is 0. The van der Waals surface area contributed by atoms with Crippen LogP contribution in [0.25, 0.3) is 0 Å². The van der Waals surface area contributed by atoms with Crippen LogP contribution in [-0.4, -0.2) is 36.1 Å². The molecule has 2 N–H and O–H groups in total. The van der Waals surface area contributed by atoms with Crippen LogP contribution < -0.4 is 5.73 Å². The standard InChI is InChI=1S/C13H17ClN2O2/c1-13(2)8-18-7-6-16(13)12(17)9-4-3-5-10(15)11(9)14/h3-5H,6-8,15H2,1-2H3. The number of nitrogen functional groups attached to an aromatic ring is 1. The summed E-state index contributed by atoms with van der Waals surface area (Å²) in [5.74, 6) is -0.0967. The summed E-state index contributed by atoms with van der Waals surface area (Å²) >= 11 is 6.10. The molecule has 1 aromatic rings. The highest BCUT2D eigenvalue weighted by Crippen LogP contribution is 2.28. The molecule has 0 atom stereocenters. The average Bonchev–Trinajstić information content (AvgIpc) is 2.31. The van der Waals surface area contributed by atoms with E-state index < -0.39 is 0 Å². The van der Waals surface area contributed by atoms with E-state index in [-0.39, 0.29) is 11.4 Å². The monoisotopic (exact) mass is 268 g/mol. The first kappa shape index (κ1) is 13.2. The van der Waals surface area contributed by atoms with Gasteiger partial charge in [0.2, 0.25) is 0 Å². The fourth-order valence-corrected chi connectivity index (χ4v) is 2.30. The van der Waals surface area contributed by atoms with Crippen LogP contribution in [0.1, 0.15) is 24.2 Å². The van der Waals surface area contributed by atoms with Crippen LogP contribution in [-0.2, 0) is 4.74 Å². The number of benzene rings is 1. The van der Waals surface area contributed by atoms with Crippen molar-refractivity contribution in [3.05, 3.63) is 28.8 Å². The molecular formula is C13H17ClN2O2. The van der Waals surface area contributed by atoms with Crippen molar-refractivity contribution in [2.45, 2.75) is 19.4 Å². The first-order valence-electron chi connectivity index (χ1n) is 5.87. The van der Waals surface area contributed by atoms with Gasteiger partial charge < -0.3 is 15.4 Å². The Labute approximate surface area is 112 Å². The molecule has 4 nitrogen and oxygen atoms in total. The van der Waals surface area contributed by atoms with E-state index in [1.54, 1.807) is 23.1 Å². The van der Waals surface area contributed by atoms with Gasteiger partial charge in [0.25, 0.3) is 5.91 Å². The quantitative estimate of drug-likeness (QED) is 0.794. The van der Waals surface area contributed by atoms with E-state index in [9.17, 15) is 4.79 Å². The minimum atomic E-state index is -0.330. The lowest BCUT2D eigenvalue weighted by Crippen LogP contribution is -2.55. The number of amides is 1. The highest BCUT2D eigenvalue weighted by atomic mass is 35.5. The number of morpholine rings is 1. The van der Waals surface area contributed by atoms with Crippen molar-refractivity contribution in [3.8, 4) is 0 Å². The Balaban J connectivity index is 2.33. The molecule has 0 spiro atoms. The van der Waals surface area contributed by atoms with Gasteiger partial charge in [-0.05, 0) is 26.0 Å². The van der Waals surface area contributed by atoms with Crippen LogP contribution in [0, 0.1) is 0 Å². The van der Waals surface area contributed by atoms with Crippen molar-refractivity contribution in [1.29, 1.82) is 0 Å². The summed E-state index contributed by atoms with van der Waals surface area (Å²) in [5, 5.41) is 0.324. The lowest BCUT2D eigenvalue weighted by molar-refractivity contribution is -0.0370. The fraction of sp³-hybridized carbons (Fsp3) is 0.462. The van der Waals surface area contributed by atoms with Gasteiger partial charge in [-0.15, -0.1) is 0 Å². The molecule has 0 aliphatic carbocycles. The average molecular weight is 269 g/mol. The minimum Gasteiger partial charge on any atom is -0.398 e. The molecule has 1 saturated heterocycles. The second-order valence-corrected chi connectivity index (χ2v) is 5.41. The maximum atomic E-state index is 12.5. The van der Waals surface area contributed by atoms with Crippen LogP contribution in [0.4, 0.5) is 5.69 Å². The van der Waals surface area contributed by atoms with Crippen molar-refractivity contribution in [2.24, 2.45) is 0 Å². The van der Waals surface area contributed by atoms with Crippen molar-refractivity contribution >= 4 is 23.2 Å². The first-order chi connectivity index (χ1) is 8.43. The van der Waals surface area contributed by atoms with E-state index in [0.29, 0.717) is 36.0 Å². The summed E-state index contributed by atoms with van der Waals surface area (Å²) in [4.78, 5) is 14.3. The number of ether oxygens (including phenoxy) is 1. The molecule has 1 aliphatic rings. The van der Waals surface area contributed by atoms with Crippen LogP contribution >= 0.6 is 11.6 Å². The SMILES string of the molecule is CC1(C)COCCN1C(=O)c1cccc(N)c1Cl. The van der Waals surface area contributed by atoms with Crippen LogP contribution in [0.3, 0.4) is 0 Å². The second kappa shape index (κ2) is 4.78. The number of nitrogens with zero attached hydrogens (tertiary/aromatic N) is 1. The third kappa shape index (κ3) is 2.31. The van der Waals surface area contributed by atoms with E-state index >= 15 is 0 Å². The fourth-order valence-electron chi connectivity index (χ4n) is 2.10. The van der Waals surface area contributed by atoms with Gasteiger partial charge in [0.15, 0.2) is 0 Å². The number of rotatable bonds is 1. The van der Waals surface area contributed by atoms with Gasteiger partial charge in [-0.2, -0.15) is 0 Å². The molecule has 1 aromatic carbocycles. The van der Waals surface area contributed by atoms with Crippen molar-refractivity contribution in [2.75, 3.05) is 25.5 Å². The van der Waals surface area contributed by atoms with Crippen LogP contribution in [0.2, 0.25) is 5.02 Å². The van der Waals surface area contributed by atoms with Gasteiger partial charge in [-0.1, -0.05) is 17.7 Å². The Hall–Kier alpha value is -1.26. The number of halogens is 1. The Morgan fingerprint density at radius 1 is 1.50 bits per heavy atom. The number of nitrogens with two attached hydrogens (primary N) is 1. The van der Waals surface area contributed by atoms with Gasteiger partial charge in [-0.3, -0.25) is 4.79 Å². The van der Waals surface area contributed by atoms with Crippen molar-refractivity contribution < 1.29 is 9.53 Å². The number of anilines is 1. The molecule has 1 aliphatic heterocycles. The minimum absolute atomic E-state index is 0.0967. The highest BCUT2D eigenvalue weighted by molar-refractivity contribution is 6.36. The highest BCUT2D eigenvalue weighted by Gasteiger charge is 2.35. The zero-order chi connectivity index (χ0) is 13.3. The Bertz CT molecular complexity index is 474. The zero-order valence-corrected chi connectivity index (χ0v) is 11.3. The molecule has 98 valence electrons. The molecule has 0 radical (unpaired) electrons. The van der Waals surface area contributed by atoms with Gasteiger partial charge in [-0.25, -0.2) is 0 Å². The van der Waals surface area contributed by atoms with E-state index in [0.717, 1.165) is 0 Å². The Morgan fingerprint density at radius 2 is 2.22 bits per heavy atom. The number of carbonyl (C=O) groups is 1. The second-order valence-electron chi connectivity index (χ2n) is 5.03. The molecule has 1 amide bonds. The zero-order valence-electron chi connectivity index (χ0n) is 10.6. The summed E-state index contributed by atoms with van der Waals surface area (Å²) in [6, 6.07) is 5.12. The molecule has 0 bridgehead atoms. The van der Waals surface area contributed by atoms with Gasteiger partial charge in [0.05, 0.1) is 35.0 Å². The molecule has 1 fully saturated rings. The smallest absolute Gasteiger partial charge is 0.256 e. The first-order valence-corrected chi connectivity index (χ1v) is 6.25. The predicted molar refractivity (Wildman–Crippen MR) is 71.8 cm³/mol. The normalized spacial score (nSPS) is 18.7. The van der Waals surface area contributed by atoms with Gasteiger partial charge >= 0.3 is 0 Å². The molecular weight excluding hydrogens is 252 g/mol. The molecule has 0 unspecified atom stereocenters. The Morgan fingerprint density at radius 3 is 2.89 bits per heavy atom. The maximum Gasteiger partial charge on any atom is 0.256 e. The molecule has 1 heterocycles. The van der Waals surface area contributed by atoms with Crippen LogP contribution in [0.15, 0.2) is 18.2 Å². The topological polar surface area (TPSA) is 55.6 Å². The molecule has 0 saturated carbocycles. The number of hydrogen-bond acceptors (Lipinski definition) is 3. The van der Waals surface area contributed by atoms with E-state index in [1.165, 1.54) is 0 Å². The number of carbonyl (C=O) groups excluding carboxylic acids is 1. The van der Waals surface area contributed by atoms with E-state index in [2.05, 4.69) is 0 Å². The molecule has 5 heteroatoms. The molecule has 18 heavy (non-hydrogen) atoms. The van der Waals surface area contributed by atoms with E-state index in [1.807, 2.05) is 13.8 Å². The molecule has 2 rings (SSSR count). The Kier molecular flexibility index (Phi) is 3.50. The van der Waals surface area contributed by atoms with Gasteiger partial charge in [0.1, 0.15) is 0 Å². The van der Waals surface area contributed by atoms with E-state index in [4.69, 9.17) is 22.1 Å². The number of hydrogen-bond donors (Lipinski definition) is 1. The summed E-state index contributed by atoms with van der Waals surface area (Å²) in [5.41, 5.74) is 6.27. The largest absolute Gasteiger partial charge is 0.398 e. The lowest BCUT2D eigenvalue weighted by Gasteiger charge is -2.42. The summed E-state index contributed by atoms with van der Waals surface area (Å²) in [7, 11) is 0. The van der Waals surface area contributed by atoms with Crippen molar-refractivity contribution in [3.63, 3.8) is 0 Å². The molecule has 0 aromatic heterocycles. The third-order valence-electron chi connectivity index (χ3n) is 3.15. The summed E-state index contributed by atoms with van der Waals surface area (Å²) < 4.78 is 5.40.